The number of nitrogens with two attached hydrogens (primary N) is 1. The highest BCUT2D eigenvalue weighted by molar-refractivity contribution is 5.97. The number of nitrogens with zero attached hydrogens (tertiary/aromatic N) is 1. The van der Waals surface area contributed by atoms with E-state index in [2.05, 4.69) is 4.98 Å². The van der Waals surface area contributed by atoms with Gasteiger partial charge >= 0.3 is 5.97 Å². The normalized spacial score (nSPS) is 11.8. The van der Waals surface area contributed by atoms with Gasteiger partial charge in [0.2, 0.25) is 6.10 Å². The van der Waals surface area contributed by atoms with E-state index in [-0.39, 0.29) is 11.1 Å². The number of fused-ring (bicyclic) bond motifs is 1. The van der Waals surface area contributed by atoms with Gasteiger partial charge in [0.1, 0.15) is 11.6 Å². The van der Waals surface area contributed by atoms with Crippen molar-refractivity contribution in [1.82, 2.24) is 4.98 Å². The number of amides is 1. The summed E-state index contributed by atoms with van der Waals surface area (Å²) < 4.78 is 23.6. The minimum absolute atomic E-state index is 0.198. The number of halogens is 1. The number of aromatic nitrogens is 1. The number of hydrogen-bond donors (Lipinski definition) is 1. The standard InChI is InChI=1S/C20H17FN2O4/c1-11-16(10-13-9-15(26-2)7-8-17(13)23-11)20(25)27-18(19(22)24)12-3-5-14(21)6-4-12/h3-10,18H,1-2H3,(H2,22,24). The molecule has 0 aliphatic heterocycles. The van der Waals surface area contributed by atoms with Gasteiger partial charge in [-0.15, -0.1) is 0 Å². The van der Waals surface area contributed by atoms with Crippen molar-refractivity contribution in [2.75, 3.05) is 7.11 Å². The number of esters is 1. The molecule has 1 aromatic heterocycles. The molecule has 0 bridgehead atoms. The van der Waals surface area contributed by atoms with Gasteiger partial charge in [-0.2, -0.15) is 0 Å². The molecular weight excluding hydrogens is 351 g/mol. The molecule has 1 unspecified atom stereocenters. The van der Waals surface area contributed by atoms with Crippen molar-refractivity contribution in [3.8, 4) is 5.75 Å². The maximum atomic E-state index is 13.1. The molecule has 0 spiro atoms. The highest BCUT2D eigenvalue weighted by atomic mass is 19.1. The fourth-order valence-electron chi connectivity index (χ4n) is 2.68. The minimum Gasteiger partial charge on any atom is -0.497 e. The van der Waals surface area contributed by atoms with E-state index in [4.69, 9.17) is 15.2 Å². The first-order valence-corrected chi connectivity index (χ1v) is 8.10. The molecule has 2 aromatic carbocycles. The lowest BCUT2D eigenvalue weighted by Gasteiger charge is -2.16. The summed E-state index contributed by atoms with van der Waals surface area (Å²) in [6, 6.07) is 11.9. The second-order valence-corrected chi connectivity index (χ2v) is 5.92. The smallest absolute Gasteiger partial charge is 0.341 e. The molecule has 6 nitrogen and oxygen atoms in total. The molecule has 0 aliphatic carbocycles. The van der Waals surface area contributed by atoms with Crippen molar-refractivity contribution in [1.29, 1.82) is 0 Å². The Hall–Kier alpha value is -3.48. The first kappa shape index (κ1) is 18.3. The van der Waals surface area contributed by atoms with Crippen LogP contribution in [0.15, 0.2) is 48.5 Å². The fourth-order valence-corrected chi connectivity index (χ4v) is 2.68. The Labute approximate surface area is 154 Å². The molecule has 138 valence electrons. The molecule has 0 saturated heterocycles. The molecule has 0 saturated carbocycles. The lowest BCUT2D eigenvalue weighted by Crippen LogP contribution is -2.26. The Morgan fingerprint density at radius 3 is 2.44 bits per heavy atom. The zero-order valence-corrected chi connectivity index (χ0v) is 14.7. The van der Waals surface area contributed by atoms with Crippen molar-refractivity contribution < 1.29 is 23.5 Å². The van der Waals surface area contributed by atoms with Crippen molar-refractivity contribution in [2.24, 2.45) is 5.73 Å². The fraction of sp³-hybridized carbons (Fsp3) is 0.150. The van der Waals surface area contributed by atoms with Crippen LogP contribution >= 0.6 is 0 Å². The third kappa shape index (κ3) is 3.87. The number of benzene rings is 2. The largest absolute Gasteiger partial charge is 0.497 e. The van der Waals surface area contributed by atoms with E-state index in [0.717, 1.165) is 12.1 Å². The molecule has 0 fully saturated rings. The zero-order chi connectivity index (χ0) is 19.6. The van der Waals surface area contributed by atoms with Crippen LogP contribution in [0.2, 0.25) is 0 Å². The van der Waals surface area contributed by atoms with Gasteiger partial charge in [0.15, 0.2) is 0 Å². The van der Waals surface area contributed by atoms with E-state index in [1.807, 2.05) is 0 Å². The SMILES string of the molecule is COc1ccc2nc(C)c(C(=O)OC(C(N)=O)c3ccc(F)cc3)cc2c1. The number of methoxy groups -OCH3 is 1. The van der Waals surface area contributed by atoms with Crippen LogP contribution in [-0.2, 0) is 9.53 Å². The van der Waals surface area contributed by atoms with Crippen LogP contribution in [-0.4, -0.2) is 24.0 Å². The average Bonchev–Trinajstić information content (AvgIpc) is 2.65. The molecule has 27 heavy (non-hydrogen) atoms. The number of carbonyl (C=O) groups is 2. The molecular formula is C20H17FN2O4. The Balaban J connectivity index is 1.94. The van der Waals surface area contributed by atoms with Crippen LogP contribution in [0.25, 0.3) is 10.9 Å². The van der Waals surface area contributed by atoms with E-state index >= 15 is 0 Å². The van der Waals surface area contributed by atoms with E-state index in [0.29, 0.717) is 22.3 Å². The van der Waals surface area contributed by atoms with Crippen LogP contribution in [0.4, 0.5) is 4.39 Å². The van der Waals surface area contributed by atoms with E-state index < -0.39 is 23.8 Å². The first-order chi connectivity index (χ1) is 12.9. The van der Waals surface area contributed by atoms with Crippen molar-refractivity contribution in [2.45, 2.75) is 13.0 Å². The molecule has 7 heteroatoms. The van der Waals surface area contributed by atoms with Crippen molar-refractivity contribution in [3.05, 3.63) is 71.2 Å². The van der Waals surface area contributed by atoms with Gasteiger partial charge in [0, 0.05) is 10.9 Å². The van der Waals surface area contributed by atoms with Crippen LogP contribution in [0.5, 0.6) is 5.75 Å². The quantitative estimate of drug-likeness (QED) is 0.699. The maximum absolute atomic E-state index is 13.1. The van der Waals surface area contributed by atoms with Gasteiger partial charge < -0.3 is 15.2 Å². The Kier molecular flexibility index (Phi) is 5.03. The Morgan fingerprint density at radius 2 is 1.81 bits per heavy atom. The first-order valence-electron chi connectivity index (χ1n) is 8.10. The predicted octanol–water partition coefficient (Wildman–Crippen LogP) is 3.07. The van der Waals surface area contributed by atoms with Crippen LogP contribution in [0, 0.1) is 12.7 Å². The molecule has 1 amide bonds. The van der Waals surface area contributed by atoms with Gasteiger partial charge in [0.25, 0.3) is 5.91 Å². The van der Waals surface area contributed by atoms with Gasteiger partial charge in [-0.05, 0) is 43.3 Å². The number of rotatable bonds is 5. The van der Waals surface area contributed by atoms with E-state index in [9.17, 15) is 14.0 Å². The number of primary amides is 1. The number of ether oxygens (including phenoxy) is 2. The Bertz CT molecular complexity index is 1020. The summed E-state index contributed by atoms with van der Waals surface area (Å²) >= 11 is 0. The maximum Gasteiger partial charge on any atom is 0.341 e. The second-order valence-electron chi connectivity index (χ2n) is 5.92. The zero-order valence-electron chi connectivity index (χ0n) is 14.7. The van der Waals surface area contributed by atoms with Crippen molar-refractivity contribution >= 4 is 22.8 Å². The number of carbonyl (C=O) groups excluding carboxylic acids is 2. The number of aryl methyl sites for hydroxylation is 1. The molecule has 1 heterocycles. The van der Waals surface area contributed by atoms with Crippen LogP contribution in [0.1, 0.15) is 27.7 Å². The molecule has 0 aliphatic rings. The molecule has 3 rings (SSSR count). The van der Waals surface area contributed by atoms with Gasteiger partial charge in [-0.1, -0.05) is 12.1 Å². The van der Waals surface area contributed by atoms with Gasteiger partial charge in [-0.25, -0.2) is 9.18 Å². The highest BCUT2D eigenvalue weighted by Gasteiger charge is 2.25. The van der Waals surface area contributed by atoms with Gasteiger partial charge in [-0.3, -0.25) is 9.78 Å². The summed E-state index contributed by atoms with van der Waals surface area (Å²) in [7, 11) is 1.54. The minimum atomic E-state index is -1.33. The predicted molar refractivity (Wildman–Crippen MR) is 96.8 cm³/mol. The summed E-state index contributed by atoms with van der Waals surface area (Å²) in [5.41, 5.74) is 6.97. The van der Waals surface area contributed by atoms with E-state index in [1.54, 1.807) is 31.2 Å². The monoisotopic (exact) mass is 368 g/mol. The summed E-state index contributed by atoms with van der Waals surface area (Å²) in [4.78, 5) is 28.8. The van der Waals surface area contributed by atoms with E-state index in [1.165, 1.54) is 19.2 Å². The average molecular weight is 368 g/mol. The molecule has 0 radical (unpaired) electrons. The topological polar surface area (TPSA) is 91.5 Å². The van der Waals surface area contributed by atoms with Crippen LogP contribution < -0.4 is 10.5 Å². The lowest BCUT2D eigenvalue weighted by molar-refractivity contribution is -0.127. The lowest BCUT2D eigenvalue weighted by atomic mass is 10.1. The third-order valence-electron chi connectivity index (χ3n) is 4.09. The summed E-state index contributed by atoms with van der Waals surface area (Å²) in [6.45, 7) is 1.66. The number of hydrogen-bond acceptors (Lipinski definition) is 5. The molecule has 1 atom stereocenters. The van der Waals surface area contributed by atoms with Crippen molar-refractivity contribution in [3.63, 3.8) is 0 Å². The third-order valence-corrected chi connectivity index (χ3v) is 4.09. The summed E-state index contributed by atoms with van der Waals surface area (Å²) in [5, 5.41) is 0.685. The van der Waals surface area contributed by atoms with Crippen LogP contribution in [0.3, 0.4) is 0 Å². The number of pyridine rings is 1. The Morgan fingerprint density at radius 1 is 1.11 bits per heavy atom. The molecule has 3 aromatic rings. The summed E-state index contributed by atoms with van der Waals surface area (Å²) in [6.07, 6.45) is -1.33. The van der Waals surface area contributed by atoms with Gasteiger partial charge in [0.05, 0.1) is 23.9 Å². The highest BCUT2D eigenvalue weighted by Crippen LogP contribution is 2.24. The second kappa shape index (κ2) is 7.41. The summed E-state index contributed by atoms with van der Waals surface area (Å²) in [5.74, 6) is -1.47. The molecule has 2 N–H and O–H groups in total.